The fourth-order valence-electron chi connectivity index (χ4n) is 4.12. The molecule has 3 aromatic heterocycles. The molecule has 0 unspecified atom stereocenters. The molecule has 5 rings (SSSR count). The molecule has 0 saturated carbocycles. The Bertz CT molecular complexity index is 1460. The Kier molecular flexibility index (Phi) is 7.09. The molecule has 190 valence electrons. The molecule has 1 N–H and O–H groups in total. The van der Waals surface area contributed by atoms with Crippen LogP contribution < -0.4 is 15.6 Å². The molecule has 9 nitrogen and oxygen atoms in total. The Hall–Kier alpha value is -4.31. The topological polar surface area (TPSA) is 100 Å². The Morgan fingerprint density at radius 1 is 1.14 bits per heavy atom. The normalized spacial score (nSPS) is 13.2. The first kappa shape index (κ1) is 24.4. The lowest BCUT2D eigenvalue weighted by Gasteiger charge is -2.25. The second-order valence-corrected chi connectivity index (χ2v) is 8.80. The smallest absolute Gasteiger partial charge is 0.255 e. The third-order valence-corrected chi connectivity index (χ3v) is 6.24. The molecule has 1 aliphatic heterocycles. The second-order valence-electron chi connectivity index (χ2n) is 8.80. The predicted molar refractivity (Wildman–Crippen MR) is 133 cm³/mol. The van der Waals surface area contributed by atoms with Crippen LogP contribution >= 0.6 is 0 Å². The highest BCUT2D eigenvalue weighted by atomic mass is 19.1. The molecule has 4 aromatic rings. The molecule has 0 atom stereocenters. The van der Waals surface area contributed by atoms with Crippen LogP contribution in [0.4, 0.5) is 4.39 Å². The fourth-order valence-corrected chi connectivity index (χ4v) is 4.12. The number of aromatic nitrogens is 4. The quantitative estimate of drug-likeness (QED) is 0.377. The van der Waals surface area contributed by atoms with Crippen LogP contribution in [0.15, 0.2) is 71.9 Å². The van der Waals surface area contributed by atoms with Crippen LogP contribution in [0.1, 0.15) is 38.8 Å². The van der Waals surface area contributed by atoms with Crippen LogP contribution in [0.2, 0.25) is 0 Å². The lowest BCUT2D eigenvalue weighted by atomic mass is 10.00. The minimum absolute atomic E-state index is 0.0280. The monoisotopic (exact) mass is 503 g/mol. The van der Waals surface area contributed by atoms with Gasteiger partial charge in [0.1, 0.15) is 0 Å². The van der Waals surface area contributed by atoms with Crippen molar-refractivity contribution in [2.24, 2.45) is 0 Å². The SMILES string of the molecule is COc1ccnc(CNC(=O)c2cn(Cc3ccc(Cn4ccccc4=O)cc3)nc2C2COC2)c1F. The molecule has 4 heterocycles. The standard InChI is InChI=1S/C27H26FN5O4/c1-36-23-9-10-29-22(25(23)28)12-30-27(35)21-15-33(31-26(21)20-16-37-17-20)14-19-7-5-18(6-8-19)13-32-11-3-2-4-24(32)34/h2-11,15,20H,12-14,16-17H2,1H3,(H,30,35). The minimum Gasteiger partial charge on any atom is -0.494 e. The van der Waals surface area contributed by atoms with Gasteiger partial charge in [0.05, 0.1) is 62.8 Å². The van der Waals surface area contributed by atoms with Gasteiger partial charge in [0.25, 0.3) is 11.5 Å². The van der Waals surface area contributed by atoms with E-state index in [1.54, 1.807) is 27.7 Å². The predicted octanol–water partition coefficient (Wildman–Crippen LogP) is 2.73. The number of rotatable bonds is 9. The first-order valence-corrected chi connectivity index (χ1v) is 11.9. The molecule has 37 heavy (non-hydrogen) atoms. The summed E-state index contributed by atoms with van der Waals surface area (Å²) in [5.74, 6) is -0.864. The summed E-state index contributed by atoms with van der Waals surface area (Å²) in [7, 11) is 1.38. The van der Waals surface area contributed by atoms with Crippen molar-refractivity contribution in [1.29, 1.82) is 0 Å². The summed E-state index contributed by atoms with van der Waals surface area (Å²) in [6, 6.07) is 14.4. The van der Waals surface area contributed by atoms with E-state index in [-0.39, 0.29) is 35.4 Å². The third-order valence-electron chi connectivity index (χ3n) is 6.24. The zero-order chi connectivity index (χ0) is 25.8. The molecule has 1 aliphatic rings. The van der Waals surface area contributed by atoms with E-state index in [1.165, 1.54) is 25.4 Å². The highest BCUT2D eigenvalue weighted by Gasteiger charge is 2.29. The number of hydrogen-bond acceptors (Lipinski definition) is 6. The highest BCUT2D eigenvalue weighted by Crippen LogP contribution is 2.26. The average Bonchev–Trinajstić information content (AvgIpc) is 3.27. The Labute approximate surface area is 212 Å². The van der Waals surface area contributed by atoms with Crippen molar-refractivity contribution < 1.29 is 18.7 Å². The van der Waals surface area contributed by atoms with Crippen molar-refractivity contribution in [3.63, 3.8) is 0 Å². The van der Waals surface area contributed by atoms with Gasteiger partial charge in [0.15, 0.2) is 11.6 Å². The molecular formula is C27H26FN5O4. The van der Waals surface area contributed by atoms with E-state index in [4.69, 9.17) is 9.47 Å². The fraction of sp³-hybridized carbons (Fsp3) is 0.259. The zero-order valence-electron chi connectivity index (χ0n) is 20.3. The highest BCUT2D eigenvalue weighted by molar-refractivity contribution is 5.95. The molecule has 0 bridgehead atoms. The van der Waals surface area contributed by atoms with E-state index >= 15 is 0 Å². The van der Waals surface area contributed by atoms with Crippen LogP contribution in [0, 0.1) is 5.82 Å². The maximum absolute atomic E-state index is 14.4. The number of carbonyl (C=O) groups excluding carboxylic acids is 1. The van der Waals surface area contributed by atoms with Crippen molar-refractivity contribution in [2.45, 2.75) is 25.6 Å². The van der Waals surface area contributed by atoms with E-state index in [2.05, 4.69) is 15.4 Å². The number of ether oxygens (including phenoxy) is 2. The summed E-state index contributed by atoms with van der Waals surface area (Å²) < 4.78 is 28.1. The summed E-state index contributed by atoms with van der Waals surface area (Å²) in [5.41, 5.74) is 3.12. The minimum atomic E-state index is -0.603. The molecule has 1 fully saturated rings. The molecule has 0 aliphatic carbocycles. The van der Waals surface area contributed by atoms with Crippen LogP contribution in [-0.2, 0) is 24.4 Å². The maximum Gasteiger partial charge on any atom is 0.255 e. The van der Waals surface area contributed by atoms with E-state index in [0.717, 1.165) is 11.1 Å². The van der Waals surface area contributed by atoms with Gasteiger partial charge in [-0.15, -0.1) is 0 Å². The number of nitrogens with zero attached hydrogens (tertiary/aromatic N) is 4. The molecule has 0 radical (unpaired) electrons. The molecule has 0 spiro atoms. The molecule has 10 heteroatoms. The lowest BCUT2D eigenvalue weighted by molar-refractivity contribution is 0.00620. The Morgan fingerprint density at radius 3 is 2.57 bits per heavy atom. The van der Waals surface area contributed by atoms with Crippen LogP contribution in [-0.4, -0.2) is 45.6 Å². The van der Waals surface area contributed by atoms with Gasteiger partial charge in [-0.25, -0.2) is 4.39 Å². The van der Waals surface area contributed by atoms with Crippen molar-refractivity contribution in [1.82, 2.24) is 24.6 Å². The first-order chi connectivity index (χ1) is 18.0. The van der Waals surface area contributed by atoms with Crippen molar-refractivity contribution in [3.8, 4) is 5.75 Å². The van der Waals surface area contributed by atoms with Crippen LogP contribution in [0.25, 0.3) is 0 Å². The van der Waals surface area contributed by atoms with E-state index in [1.807, 2.05) is 30.3 Å². The number of pyridine rings is 2. The van der Waals surface area contributed by atoms with Gasteiger partial charge in [0, 0.05) is 30.7 Å². The second kappa shape index (κ2) is 10.8. The van der Waals surface area contributed by atoms with Gasteiger partial charge in [0.2, 0.25) is 0 Å². The van der Waals surface area contributed by atoms with Gasteiger partial charge < -0.3 is 19.4 Å². The van der Waals surface area contributed by atoms with Gasteiger partial charge >= 0.3 is 0 Å². The van der Waals surface area contributed by atoms with Crippen LogP contribution in [0.3, 0.4) is 0 Å². The van der Waals surface area contributed by atoms with E-state index in [0.29, 0.717) is 37.6 Å². The van der Waals surface area contributed by atoms with Gasteiger partial charge in [-0.2, -0.15) is 5.10 Å². The Morgan fingerprint density at radius 2 is 1.89 bits per heavy atom. The van der Waals surface area contributed by atoms with Crippen molar-refractivity contribution in [3.05, 3.63) is 111 Å². The largest absolute Gasteiger partial charge is 0.494 e. The number of carbonyl (C=O) groups is 1. The molecule has 1 saturated heterocycles. The summed E-state index contributed by atoms with van der Waals surface area (Å²) in [6.45, 7) is 1.86. The number of halogens is 1. The molecule has 1 aromatic carbocycles. The number of methoxy groups -OCH3 is 1. The molecular weight excluding hydrogens is 477 g/mol. The number of nitrogens with one attached hydrogen (secondary N) is 1. The zero-order valence-corrected chi connectivity index (χ0v) is 20.3. The van der Waals surface area contributed by atoms with Gasteiger partial charge in [-0.3, -0.25) is 19.3 Å². The number of amides is 1. The lowest BCUT2D eigenvalue weighted by Crippen LogP contribution is -2.30. The van der Waals surface area contributed by atoms with Gasteiger partial charge in [-0.1, -0.05) is 30.3 Å². The Balaban J connectivity index is 1.29. The number of hydrogen-bond donors (Lipinski definition) is 1. The summed E-state index contributed by atoms with van der Waals surface area (Å²) in [5, 5.41) is 7.42. The third kappa shape index (κ3) is 5.44. The first-order valence-electron chi connectivity index (χ1n) is 11.9. The maximum atomic E-state index is 14.4. The summed E-state index contributed by atoms with van der Waals surface area (Å²) >= 11 is 0. The molecule has 1 amide bonds. The van der Waals surface area contributed by atoms with Gasteiger partial charge in [-0.05, 0) is 17.2 Å². The summed E-state index contributed by atoms with van der Waals surface area (Å²) in [4.78, 5) is 29.0. The average molecular weight is 504 g/mol. The van der Waals surface area contributed by atoms with Crippen LogP contribution in [0.5, 0.6) is 5.75 Å². The van der Waals surface area contributed by atoms with E-state index < -0.39 is 5.82 Å². The van der Waals surface area contributed by atoms with Crippen molar-refractivity contribution in [2.75, 3.05) is 20.3 Å². The summed E-state index contributed by atoms with van der Waals surface area (Å²) in [6.07, 6.45) is 4.90. The van der Waals surface area contributed by atoms with Crippen molar-refractivity contribution >= 4 is 5.91 Å². The number of benzene rings is 1. The van der Waals surface area contributed by atoms with E-state index in [9.17, 15) is 14.0 Å².